The molecule has 3 aromatic carbocycles. The maximum Gasteiger partial charge on any atom is 0.274 e. The van der Waals surface area contributed by atoms with Crippen LogP contribution < -0.4 is 11.3 Å². The topological polar surface area (TPSA) is 121 Å². The molecule has 0 aliphatic carbocycles. The highest BCUT2D eigenvalue weighted by molar-refractivity contribution is 7.98. The van der Waals surface area contributed by atoms with Gasteiger partial charge in [-0.15, -0.1) is 0 Å². The summed E-state index contributed by atoms with van der Waals surface area (Å²) in [6, 6.07) is 19.1. The molecule has 166 valence electrons. The predicted molar refractivity (Wildman–Crippen MR) is 127 cm³/mol. The number of hydrogen-bond acceptors (Lipinski definition) is 6. The lowest BCUT2D eigenvalue weighted by Crippen LogP contribution is -2.24. The van der Waals surface area contributed by atoms with Crippen LogP contribution in [0.1, 0.15) is 27.0 Å². The largest absolute Gasteiger partial charge is 0.366 e. The molecule has 2 N–H and O–H groups in total. The summed E-state index contributed by atoms with van der Waals surface area (Å²) in [4.78, 5) is 40.4. The molecule has 0 saturated carbocycles. The number of amides is 1. The zero-order chi connectivity index (χ0) is 23.5. The molecule has 0 aliphatic heterocycles. The second-order valence-corrected chi connectivity index (χ2v) is 8.48. The minimum Gasteiger partial charge on any atom is -0.366 e. The van der Waals surface area contributed by atoms with Crippen LogP contribution in [0, 0.1) is 17.0 Å². The Labute approximate surface area is 193 Å². The second-order valence-electron chi connectivity index (χ2n) is 7.54. The molecule has 1 heterocycles. The number of para-hydroxylation sites is 1. The standard InChI is InChI=1S/C24H20N4O4S/c1-15-6-8-16(9-7-15)13-27-23(30)19-4-2-3-5-20(19)26-24(27)33-14-18-11-10-17(22(25)29)12-21(18)28(31)32/h2-12H,13-14H2,1H3,(H2,25,29). The number of fused-ring (bicyclic) bond motifs is 1. The number of nitrogens with two attached hydrogens (primary N) is 1. The van der Waals surface area contributed by atoms with E-state index in [0.29, 0.717) is 28.2 Å². The number of nitrogens with zero attached hydrogens (tertiary/aromatic N) is 3. The van der Waals surface area contributed by atoms with Gasteiger partial charge < -0.3 is 5.73 Å². The predicted octanol–water partition coefficient (Wildman–Crippen LogP) is 4.05. The first-order valence-corrected chi connectivity index (χ1v) is 11.1. The molecule has 0 bridgehead atoms. The average molecular weight is 461 g/mol. The number of hydrogen-bond donors (Lipinski definition) is 1. The third-order valence-electron chi connectivity index (χ3n) is 5.21. The molecule has 1 amide bonds. The van der Waals surface area contributed by atoms with Crippen LogP contribution in [0.3, 0.4) is 0 Å². The Bertz CT molecular complexity index is 1430. The Morgan fingerprint density at radius 1 is 1.12 bits per heavy atom. The van der Waals surface area contributed by atoms with Gasteiger partial charge in [-0.05, 0) is 30.7 Å². The molecule has 0 saturated heterocycles. The Kier molecular flexibility index (Phi) is 6.23. The van der Waals surface area contributed by atoms with Crippen LogP contribution in [0.15, 0.2) is 76.7 Å². The lowest BCUT2D eigenvalue weighted by molar-refractivity contribution is -0.385. The third kappa shape index (κ3) is 4.78. The smallest absolute Gasteiger partial charge is 0.274 e. The maximum atomic E-state index is 13.3. The summed E-state index contributed by atoms with van der Waals surface area (Å²) in [6.07, 6.45) is 0. The lowest BCUT2D eigenvalue weighted by Gasteiger charge is -2.14. The molecule has 8 nitrogen and oxygen atoms in total. The van der Waals surface area contributed by atoms with Crippen LogP contribution >= 0.6 is 11.8 Å². The fourth-order valence-corrected chi connectivity index (χ4v) is 4.42. The molecule has 1 aromatic heterocycles. The minimum atomic E-state index is -0.736. The highest BCUT2D eigenvalue weighted by atomic mass is 32.2. The van der Waals surface area contributed by atoms with E-state index in [4.69, 9.17) is 5.73 Å². The number of aromatic nitrogens is 2. The summed E-state index contributed by atoms with van der Waals surface area (Å²) in [5.74, 6) is -0.547. The summed E-state index contributed by atoms with van der Waals surface area (Å²) >= 11 is 1.23. The van der Waals surface area contributed by atoms with E-state index in [1.165, 1.54) is 30.0 Å². The highest BCUT2D eigenvalue weighted by Crippen LogP contribution is 2.28. The summed E-state index contributed by atoms with van der Waals surface area (Å²) in [6.45, 7) is 2.31. The number of nitro groups is 1. The summed E-state index contributed by atoms with van der Waals surface area (Å²) in [7, 11) is 0. The number of carbonyl (C=O) groups is 1. The van der Waals surface area contributed by atoms with Crippen LogP contribution in [0.2, 0.25) is 0 Å². The molecule has 0 fully saturated rings. The van der Waals surface area contributed by atoms with Crippen LogP contribution in [0.5, 0.6) is 0 Å². The monoisotopic (exact) mass is 460 g/mol. The Balaban J connectivity index is 1.74. The first-order valence-electron chi connectivity index (χ1n) is 10.1. The molecule has 33 heavy (non-hydrogen) atoms. The normalized spacial score (nSPS) is 10.9. The molecule has 9 heteroatoms. The van der Waals surface area contributed by atoms with Gasteiger partial charge in [0.25, 0.3) is 11.2 Å². The van der Waals surface area contributed by atoms with E-state index in [-0.39, 0.29) is 22.6 Å². The zero-order valence-corrected chi connectivity index (χ0v) is 18.5. The first-order chi connectivity index (χ1) is 15.8. The summed E-state index contributed by atoms with van der Waals surface area (Å²) in [5, 5.41) is 12.5. The van der Waals surface area contributed by atoms with Crippen molar-refractivity contribution in [1.29, 1.82) is 0 Å². The molecule has 4 aromatic rings. The number of nitro benzene ring substituents is 1. The fourth-order valence-electron chi connectivity index (χ4n) is 3.42. The van der Waals surface area contributed by atoms with Crippen molar-refractivity contribution in [3.8, 4) is 0 Å². The number of thioether (sulfide) groups is 1. The molecule has 0 spiro atoms. The minimum absolute atomic E-state index is 0.0653. The van der Waals surface area contributed by atoms with Gasteiger partial charge >= 0.3 is 0 Å². The maximum absolute atomic E-state index is 13.3. The van der Waals surface area contributed by atoms with Crippen molar-refractivity contribution < 1.29 is 9.72 Å². The van der Waals surface area contributed by atoms with E-state index in [0.717, 1.165) is 11.1 Å². The summed E-state index contributed by atoms with van der Waals surface area (Å²) in [5.41, 5.74) is 7.96. The number of primary amides is 1. The molecular weight excluding hydrogens is 440 g/mol. The van der Waals surface area contributed by atoms with Crippen molar-refractivity contribution in [3.63, 3.8) is 0 Å². The third-order valence-corrected chi connectivity index (χ3v) is 6.24. The summed E-state index contributed by atoms with van der Waals surface area (Å²) < 4.78 is 1.58. The van der Waals surface area contributed by atoms with Gasteiger partial charge in [0.1, 0.15) is 0 Å². The van der Waals surface area contributed by atoms with E-state index < -0.39 is 10.8 Å². The van der Waals surface area contributed by atoms with Crippen molar-refractivity contribution in [1.82, 2.24) is 9.55 Å². The van der Waals surface area contributed by atoms with Crippen molar-refractivity contribution in [2.24, 2.45) is 5.73 Å². The SMILES string of the molecule is Cc1ccc(Cn2c(SCc3ccc(C(N)=O)cc3[N+](=O)[O-])nc3ccccc3c2=O)cc1. The van der Waals surface area contributed by atoms with Crippen molar-refractivity contribution in [2.45, 2.75) is 24.4 Å². The van der Waals surface area contributed by atoms with Crippen LogP contribution in [0.4, 0.5) is 5.69 Å². The number of rotatable bonds is 7. The fraction of sp³-hybridized carbons (Fsp3) is 0.125. The Hall–Kier alpha value is -3.98. The first kappa shape index (κ1) is 22.2. The molecule has 0 atom stereocenters. The quantitative estimate of drug-likeness (QED) is 0.192. The lowest BCUT2D eigenvalue weighted by atomic mass is 10.1. The van der Waals surface area contributed by atoms with Gasteiger partial charge in [-0.2, -0.15) is 0 Å². The number of aryl methyl sites for hydroxylation is 1. The van der Waals surface area contributed by atoms with Gasteiger partial charge in [0.05, 0.1) is 22.4 Å². The molecule has 0 unspecified atom stereocenters. The van der Waals surface area contributed by atoms with Gasteiger partial charge in [-0.25, -0.2) is 4.98 Å². The highest BCUT2D eigenvalue weighted by Gasteiger charge is 2.19. The van der Waals surface area contributed by atoms with Crippen LogP contribution in [0.25, 0.3) is 10.9 Å². The molecule has 0 radical (unpaired) electrons. The Morgan fingerprint density at radius 3 is 2.55 bits per heavy atom. The molecule has 0 aliphatic rings. The van der Waals surface area contributed by atoms with E-state index in [2.05, 4.69) is 4.98 Å². The van der Waals surface area contributed by atoms with Gasteiger partial charge in [0, 0.05) is 22.9 Å². The van der Waals surface area contributed by atoms with Gasteiger partial charge in [-0.3, -0.25) is 24.3 Å². The van der Waals surface area contributed by atoms with E-state index in [1.807, 2.05) is 31.2 Å². The van der Waals surface area contributed by atoms with Crippen LogP contribution in [-0.2, 0) is 12.3 Å². The second kappa shape index (κ2) is 9.25. The average Bonchev–Trinajstić information content (AvgIpc) is 2.81. The van der Waals surface area contributed by atoms with Crippen molar-refractivity contribution >= 4 is 34.3 Å². The Morgan fingerprint density at radius 2 is 1.85 bits per heavy atom. The van der Waals surface area contributed by atoms with E-state index in [1.54, 1.807) is 28.8 Å². The van der Waals surface area contributed by atoms with Gasteiger partial charge in [-0.1, -0.05) is 59.8 Å². The van der Waals surface area contributed by atoms with Gasteiger partial charge in [0.15, 0.2) is 5.16 Å². The van der Waals surface area contributed by atoms with E-state index >= 15 is 0 Å². The number of benzene rings is 3. The molecule has 4 rings (SSSR count). The molecular formula is C24H20N4O4S. The van der Waals surface area contributed by atoms with Crippen LogP contribution in [-0.4, -0.2) is 20.4 Å². The number of carbonyl (C=O) groups excluding carboxylic acids is 1. The van der Waals surface area contributed by atoms with Crippen molar-refractivity contribution in [2.75, 3.05) is 0 Å². The van der Waals surface area contributed by atoms with E-state index in [9.17, 15) is 19.7 Å². The van der Waals surface area contributed by atoms with Crippen molar-refractivity contribution in [3.05, 3.63) is 109 Å². The zero-order valence-electron chi connectivity index (χ0n) is 17.7. The van der Waals surface area contributed by atoms with Gasteiger partial charge in [0.2, 0.25) is 5.91 Å².